The number of aromatic amines is 1. The van der Waals surface area contributed by atoms with Gasteiger partial charge >= 0.3 is 19.5 Å². The summed E-state index contributed by atoms with van der Waals surface area (Å²) >= 11 is 0. The molecule has 15 nitrogen and oxygen atoms in total. The molecule has 0 aliphatic carbocycles. The van der Waals surface area contributed by atoms with Gasteiger partial charge in [0.1, 0.15) is 18.3 Å². The predicted octanol–water partition coefficient (Wildman–Crippen LogP) is -2.08. The van der Waals surface area contributed by atoms with Crippen LogP contribution in [0.2, 0.25) is 0 Å². The van der Waals surface area contributed by atoms with Crippen LogP contribution in [0.4, 0.5) is 0 Å². The second kappa shape index (κ2) is 11.1. The summed E-state index contributed by atoms with van der Waals surface area (Å²) in [5, 5.41) is 38.8. The molecule has 0 radical (unpaired) electrons. The van der Waals surface area contributed by atoms with E-state index in [-0.39, 0.29) is 18.1 Å². The number of rotatable bonds is 6. The zero-order valence-corrected chi connectivity index (χ0v) is 19.7. The van der Waals surface area contributed by atoms with E-state index in [0.29, 0.717) is 11.0 Å². The minimum absolute atomic E-state index is 0.0516. The van der Waals surface area contributed by atoms with E-state index < -0.39 is 50.0 Å². The summed E-state index contributed by atoms with van der Waals surface area (Å²) in [6.45, 7) is 3.64. The van der Waals surface area contributed by atoms with Gasteiger partial charge in [0, 0.05) is 6.92 Å². The summed E-state index contributed by atoms with van der Waals surface area (Å²) in [6.07, 6.45) is -4.68. The van der Waals surface area contributed by atoms with Gasteiger partial charge in [0.05, 0.1) is 24.2 Å². The Morgan fingerprint density at radius 1 is 1.11 bits per heavy atom. The fourth-order valence-corrected chi connectivity index (χ4v) is 3.40. The van der Waals surface area contributed by atoms with Crippen LogP contribution < -0.4 is 11.2 Å². The number of phosphoric ester groups is 1. The topological polar surface area (TPSA) is 245 Å². The molecule has 2 heterocycles. The third kappa shape index (κ3) is 7.22. The lowest BCUT2D eigenvalue weighted by molar-refractivity contribution is -0.133. The van der Waals surface area contributed by atoms with Crippen molar-refractivity contribution in [3.8, 4) is 11.5 Å². The standard InChI is InChI=1S/C17H20N4O6.C2H5O5P/c1-7-3-9-10(4-8(7)2)21(5-11(23)14(25)12(24)6-22)15-13(18-9)16(26)20-17(27)19-15;1-2(3)7-8(4,5)6/h3-4,11-12,14,22-25H,5-6H2,1-2H3,(H,20,26,27);1H3,(H2,4,5,6)/t11-,12+,14-;/m0./s1. The van der Waals surface area contributed by atoms with Gasteiger partial charge in [0.25, 0.3) is 5.56 Å². The highest BCUT2D eigenvalue weighted by molar-refractivity contribution is 7.46. The van der Waals surface area contributed by atoms with E-state index in [4.69, 9.17) is 14.9 Å². The van der Waals surface area contributed by atoms with E-state index in [1.807, 2.05) is 13.8 Å². The highest BCUT2D eigenvalue weighted by Crippen LogP contribution is 2.35. The number of carbonyl (C=O) groups excluding carboxylic acids is 1. The molecule has 0 bridgehead atoms. The van der Waals surface area contributed by atoms with Crippen LogP contribution in [0.25, 0.3) is 22.6 Å². The van der Waals surface area contributed by atoms with Gasteiger partial charge in [-0.05, 0) is 37.1 Å². The molecule has 2 aliphatic heterocycles. The number of aliphatic hydroxyl groups excluding tert-OH is 4. The van der Waals surface area contributed by atoms with Gasteiger partial charge in [-0.15, -0.1) is 0 Å². The highest BCUT2D eigenvalue weighted by Gasteiger charge is 2.27. The fraction of sp³-hybridized carbons (Fsp3) is 0.421. The Bertz CT molecular complexity index is 1350. The van der Waals surface area contributed by atoms with Crippen LogP contribution in [-0.2, 0) is 20.4 Å². The first kappa shape index (κ1) is 28.2. The number of hydrogen-bond donors (Lipinski definition) is 7. The van der Waals surface area contributed by atoms with E-state index in [1.54, 1.807) is 12.1 Å². The third-order valence-corrected chi connectivity index (χ3v) is 5.31. The summed E-state index contributed by atoms with van der Waals surface area (Å²) in [4.78, 5) is 59.5. The van der Waals surface area contributed by atoms with Crippen molar-refractivity contribution in [2.45, 2.75) is 45.6 Å². The molecule has 0 saturated heterocycles. The second-order valence-electron chi connectivity index (χ2n) is 7.57. The molecule has 3 rings (SSSR count). The van der Waals surface area contributed by atoms with Crippen LogP contribution in [0.15, 0.2) is 21.7 Å². The molecular weight excluding hydrogens is 491 g/mol. The lowest BCUT2D eigenvalue weighted by Gasteiger charge is -2.25. The van der Waals surface area contributed by atoms with Crippen molar-refractivity contribution in [1.82, 2.24) is 19.5 Å². The molecule has 0 unspecified atom stereocenters. The van der Waals surface area contributed by atoms with Gasteiger partial charge in [-0.1, -0.05) is 0 Å². The van der Waals surface area contributed by atoms with Crippen molar-refractivity contribution in [2.75, 3.05) is 6.61 Å². The quantitative estimate of drug-likeness (QED) is 0.137. The molecule has 16 heteroatoms. The van der Waals surface area contributed by atoms with Gasteiger partial charge in [0.2, 0.25) is 0 Å². The largest absolute Gasteiger partial charge is 0.526 e. The van der Waals surface area contributed by atoms with Gasteiger partial charge in [0.15, 0.2) is 11.5 Å². The molecule has 0 amide bonds. The first-order valence-corrected chi connectivity index (χ1v) is 11.5. The number of H-pyrrole nitrogens is 1. The van der Waals surface area contributed by atoms with Gasteiger partial charge < -0.3 is 29.5 Å². The van der Waals surface area contributed by atoms with Crippen molar-refractivity contribution < 1.29 is 44.1 Å². The van der Waals surface area contributed by atoms with E-state index >= 15 is 0 Å². The van der Waals surface area contributed by atoms with Crippen LogP contribution in [0, 0.1) is 13.8 Å². The summed E-state index contributed by atoms with van der Waals surface area (Å²) in [5.41, 5.74) is 1.11. The average Bonchev–Trinajstić information content (AvgIpc) is 2.73. The predicted molar refractivity (Wildman–Crippen MR) is 119 cm³/mol. The molecule has 1 aromatic carbocycles. The molecule has 35 heavy (non-hydrogen) atoms. The summed E-state index contributed by atoms with van der Waals surface area (Å²) in [7, 11) is -4.57. The van der Waals surface area contributed by atoms with E-state index in [0.717, 1.165) is 18.1 Å². The number of aryl methyl sites for hydroxylation is 2. The molecule has 0 aromatic heterocycles. The molecule has 1 aromatic rings. The summed E-state index contributed by atoms with van der Waals surface area (Å²) in [5.74, 6) is -1.04. The minimum atomic E-state index is -4.57. The highest BCUT2D eigenvalue weighted by atomic mass is 31.2. The maximum atomic E-state index is 12.2. The molecule has 0 saturated carbocycles. The van der Waals surface area contributed by atoms with Crippen LogP contribution in [-0.4, -0.2) is 80.6 Å². The zero-order valence-electron chi connectivity index (χ0n) is 18.8. The van der Waals surface area contributed by atoms with Gasteiger partial charge in [-0.2, -0.15) is 4.98 Å². The first-order chi connectivity index (χ1) is 16.1. The molecule has 192 valence electrons. The van der Waals surface area contributed by atoms with Crippen molar-refractivity contribution in [3.63, 3.8) is 0 Å². The molecular formula is C19H25N4O11P. The Morgan fingerprint density at radius 3 is 2.23 bits per heavy atom. The Hall–Kier alpha value is -3.04. The number of benzene rings is 1. The number of phosphoric acid groups is 1. The molecule has 0 spiro atoms. The summed E-state index contributed by atoms with van der Waals surface area (Å²) in [6, 6.07) is 3.53. The first-order valence-electron chi connectivity index (χ1n) is 9.97. The number of aromatic nitrogens is 4. The van der Waals surface area contributed by atoms with Gasteiger partial charge in [-0.25, -0.2) is 14.3 Å². The van der Waals surface area contributed by atoms with Crippen LogP contribution >= 0.6 is 7.82 Å². The zero-order chi connectivity index (χ0) is 26.7. The Labute approximate surface area is 196 Å². The molecule has 7 N–H and O–H groups in total. The Balaban J connectivity index is 0.000000466. The van der Waals surface area contributed by atoms with Crippen molar-refractivity contribution in [3.05, 3.63) is 44.1 Å². The monoisotopic (exact) mass is 516 g/mol. The maximum absolute atomic E-state index is 12.2. The molecule has 3 atom stereocenters. The van der Waals surface area contributed by atoms with Crippen molar-refractivity contribution in [1.29, 1.82) is 0 Å². The smallest absolute Gasteiger partial charge is 0.394 e. The van der Waals surface area contributed by atoms with Crippen LogP contribution in [0.5, 0.6) is 0 Å². The van der Waals surface area contributed by atoms with Crippen molar-refractivity contribution in [2.24, 2.45) is 0 Å². The SMILES string of the molecule is CC(=O)OP(=O)(O)O.Cc1cc2nc3c(=O)[nH]c(=O)nc-3n(C[C@H](O)[C@H](O)[C@H](O)CO)c2cc1C. The Kier molecular flexibility index (Phi) is 8.97. The molecule has 2 aliphatic rings. The third-order valence-electron chi connectivity index (χ3n) is 4.82. The average molecular weight is 516 g/mol. The summed E-state index contributed by atoms with van der Waals surface area (Å²) < 4.78 is 14.6. The fourth-order valence-electron chi connectivity index (χ4n) is 3.06. The lowest BCUT2D eigenvalue weighted by atomic mass is 10.1. The van der Waals surface area contributed by atoms with Crippen molar-refractivity contribution >= 4 is 24.8 Å². The number of nitrogens with zero attached hydrogens (tertiary/aromatic N) is 3. The van der Waals surface area contributed by atoms with Crippen LogP contribution in [0.3, 0.4) is 0 Å². The second-order valence-corrected chi connectivity index (χ2v) is 8.74. The number of nitrogens with one attached hydrogen (secondary N) is 1. The maximum Gasteiger partial charge on any atom is 0.526 e. The van der Waals surface area contributed by atoms with Gasteiger partial charge in [-0.3, -0.25) is 24.4 Å². The number of aliphatic hydroxyl groups is 4. The molecule has 0 fully saturated rings. The lowest BCUT2D eigenvalue weighted by Crippen LogP contribution is -2.42. The number of fused-ring (bicyclic) bond motifs is 2. The Morgan fingerprint density at radius 2 is 1.71 bits per heavy atom. The van der Waals surface area contributed by atoms with E-state index in [2.05, 4.69) is 19.5 Å². The normalized spacial score (nSPS) is 14.2. The number of hydrogen-bond acceptors (Lipinski definition) is 11. The minimum Gasteiger partial charge on any atom is -0.394 e. The van der Waals surface area contributed by atoms with E-state index in [9.17, 15) is 34.3 Å². The number of carbonyl (C=O) groups is 1. The van der Waals surface area contributed by atoms with E-state index in [1.165, 1.54) is 4.57 Å². The van der Waals surface area contributed by atoms with Crippen LogP contribution in [0.1, 0.15) is 18.1 Å².